The lowest BCUT2D eigenvalue weighted by molar-refractivity contribution is -0.118. The van der Waals surface area contributed by atoms with Crippen molar-refractivity contribution in [3.05, 3.63) is 89.3 Å². The molecule has 0 saturated carbocycles. The van der Waals surface area contributed by atoms with Crippen molar-refractivity contribution in [3.63, 3.8) is 0 Å². The van der Waals surface area contributed by atoms with Gasteiger partial charge in [-0.15, -0.1) is 16.4 Å². The fourth-order valence-corrected chi connectivity index (χ4v) is 3.87. The summed E-state index contributed by atoms with van der Waals surface area (Å²) in [5.41, 5.74) is 6.79. The summed E-state index contributed by atoms with van der Waals surface area (Å²) in [5.74, 6) is -0.834. The number of rotatable bonds is 8. The van der Waals surface area contributed by atoms with Crippen molar-refractivity contribution in [2.24, 2.45) is 5.73 Å². The molecule has 0 saturated heterocycles. The Balaban J connectivity index is 1.71. The smallest absolute Gasteiger partial charge is 0.293 e. The Hall–Kier alpha value is -3.85. The maximum atomic E-state index is 13.4. The first kappa shape index (κ1) is 21.4. The molecular weight excluding hydrogens is 429 g/mol. The Bertz CT molecular complexity index is 1210. The molecule has 9 heteroatoms. The quantitative estimate of drug-likeness (QED) is 0.444. The van der Waals surface area contributed by atoms with Crippen molar-refractivity contribution in [2.75, 3.05) is 6.54 Å². The van der Waals surface area contributed by atoms with Gasteiger partial charge in [0, 0.05) is 19.5 Å². The largest absolute Gasteiger partial charge is 0.370 e. The van der Waals surface area contributed by atoms with Crippen LogP contribution in [0.15, 0.2) is 72.1 Å². The number of benzene rings is 2. The molecule has 7 nitrogen and oxygen atoms in total. The standard InChI is InChI=1S/C23H20FN5O2S/c24-17-8-10-18(11-9-17)29-22(19-7-4-14-32-19)26-21(27-29)23(31)28(13-12-20(25)30)15-16-5-2-1-3-6-16/h1-11,14H,12-13,15H2,(H2,25,30). The van der Waals surface area contributed by atoms with Crippen LogP contribution in [0.5, 0.6) is 0 Å². The molecule has 162 valence electrons. The Morgan fingerprint density at radius 3 is 2.44 bits per heavy atom. The number of nitrogens with two attached hydrogens (primary N) is 1. The van der Waals surface area contributed by atoms with Crippen LogP contribution in [0.2, 0.25) is 0 Å². The highest BCUT2D eigenvalue weighted by atomic mass is 32.1. The Labute approximate surface area is 187 Å². The summed E-state index contributed by atoms with van der Waals surface area (Å²) < 4.78 is 15.0. The fraction of sp³-hybridized carbons (Fsp3) is 0.130. The van der Waals surface area contributed by atoms with Crippen molar-refractivity contribution in [1.29, 1.82) is 0 Å². The lowest BCUT2D eigenvalue weighted by Gasteiger charge is -2.20. The monoisotopic (exact) mass is 449 g/mol. The van der Waals surface area contributed by atoms with E-state index in [9.17, 15) is 14.0 Å². The minimum atomic E-state index is -0.500. The van der Waals surface area contributed by atoms with Gasteiger partial charge in [-0.05, 0) is 41.3 Å². The van der Waals surface area contributed by atoms with Crippen molar-refractivity contribution in [2.45, 2.75) is 13.0 Å². The van der Waals surface area contributed by atoms with E-state index in [4.69, 9.17) is 5.73 Å². The van der Waals surface area contributed by atoms with Crippen LogP contribution in [0.3, 0.4) is 0 Å². The molecule has 4 rings (SSSR count). The van der Waals surface area contributed by atoms with E-state index in [2.05, 4.69) is 10.1 Å². The van der Waals surface area contributed by atoms with Crippen molar-refractivity contribution in [1.82, 2.24) is 19.7 Å². The molecule has 0 spiro atoms. The normalized spacial score (nSPS) is 10.8. The molecule has 4 aromatic rings. The Morgan fingerprint density at radius 2 is 1.78 bits per heavy atom. The molecule has 0 radical (unpaired) electrons. The topological polar surface area (TPSA) is 94.1 Å². The van der Waals surface area contributed by atoms with E-state index in [1.54, 1.807) is 12.1 Å². The third kappa shape index (κ3) is 4.89. The lowest BCUT2D eigenvalue weighted by atomic mass is 10.2. The minimum absolute atomic E-state index is 0.0156. The molecular formula is C23H20FN5O2S. The molecule has 0 unspecified atom stereocenters. The molecule has 0 bridgehead atoms. The molecule has 0 atom stereocenters. The summed E-state index contributed by atoms with van der Waals surface area (Å²) in [6.07, 6.45) is 0.0228. The van der Waals surface area contributed by atoms with Crippen molar-refractivity contribution < 1.29 is 14.0 Å². The lowest BCUT2D eigenvalue weighted by Crippen LogP contribution is -2.34. The van der Waals surface area contributed by atoms with E-state index in [1.165, 1.54) is 33.1 Å². The average molecular weight is 450 g/mol. The SMILES string of the molecule is NC(=O)CCN(Cc1ccccc1)C(=O)c1nc(-c2cccs2)n(-c2ccc(F)cc2)n1. The molecule has 2 N–H and O–H groups in total. The van der Waals surface area contributed by atoms with Crippen LogP contribution in [0, 0.1) is 5.82 Å². The summed E-state index contributed by atoms with van der Waals surface area (Å²) in [6.45, 7) is 0.425. The van der Waals surface area contributed by atoms with Crippen molar-refractivity contribution in [3.8, 4) is 16.4 Å². The molecule has 0 aliphatic heterocycles. The van der Waals surface area contributed by atoms with Crippen LogP contribution in [-0.4, -0.2) is 38.0 Å². The molecule has 32 heavy (non-hydrogen) atoms. The van der Waals surface area contributed by atoms with E-state index < -0.39 is 11.8 Å². The van der Waals surface area contributed by atoms with Crippen LogP contribution >= 0.6 is 11.3 Å². The number of nitrogens with zero attached hydrogens (tertiary/aromatic N) is 4. The number of carbonyl (C=O) groups excluding carboxylic acids is 2. The van der Waals surface area contributed by atoms with Gasteiger partial charge in [0.1, 0.15) is 5.82 Å². The van der Waals surface area contributed by atoms with Gasteiger partial charge in [-0.25, -0.2) is 14.1 Å². The zero-order valence-electron chi connectivity index (χ0n) is 17.0. The first-order valence-corrected chi connectivity index (χ1v) is 10.8. The second kappa shape index (κ2) is 9.52. The summed E-state index contributed by atoms with van der Waals surface area (Å²) >= 11 is 1.45. The first-order valence-electron chi connectivity index (χ1n) is 9.89. The van der Waals surface area contributed by atoms with Gasteiger partial charge in [0.15, 0.2) is 5.82 Å². The minimum Gasteiger partial charge on any atom is -0.370 e. The van der Waals surface area contributed by atoms with Gasteiger partial charge in [0.25, 0.3) is 5.91 Å². The fourth-order valence-electron chi connectivity index (χ4n) is 3.17. The molecule has 0 aliphatic rings. The average Bonchev–Trinajstić information content (AvgIpc) is 3.47. The van der Waals surface area contributed by atoms with Gasteiger partial charge < -0.3 is 10.6 Å². The predicted molar refractivity (Wildman–Crippen MR) is 120 cm³/mol. The number of hydrogen-bond donors (Lipinski definition) is 1. The zero-order valence-corrected chi connectivity index (χ0v) is 17.8. The maximum absolute atomic E-state index is 13.4. The zero-order chi connectivity index (χ0) is 22.5. The highest BCUT2D eigenvalue weighted by Crippen LogP contribution is 2.26. The van der Waals surface area contributed by atoms with Gasteiger partial charge >= 0.3 is 0 Å². The van der Waals surface area contributed by atoms with E-state index in [0.717, 1.165) is 10.4 Å². The Kier molecular flexibility index (Phi) is 6.37. The number of carbonyl (C=O) groups is 2. The summed E-state index contributed by atoms with van der Waals surface area (Å²) in [4.78, 5) is 31.5. The van der Waals surface area contributed by atoms with E-state index >= 15 is 0 Å². The van der Waals surface area contributed by atoms with E-state index in [-0.39, 0.29) is 31.2 Å². The molecule has 2 heterocycles. The number of primary amides is 1. The number of hydrogen-bond acceptors (Lipinski definition) is 5. The summed E-state index contributed by atoms with van der Waals surface area (Å²) in [5, 5.41) is 6.34. The van der Waals surface area contributed by atoms with Crippen molar-refractivity contribution >= 4 is 23.2 Å². The van der Waals surface area contributed by atoms with Crippen LogP contribution in [-0.2, 0) is 11.3 Å². The molecule has 2 amide bonds. The molecule has 0 fully saturated rings. The van der Waals surface area contributed by atoms with Gasteiger partial charge in [-0.3, -0.25) is 9.59 Å². The van der Waals surface area contributed by atoms with E-state index in [0.29, 0.717) is 11.5 Å². The van der Waals surface area contributed by atoms with Gasteiger partial charge in [-0.1, -0.05) is 36.4 Å². The Morgan fingerprint density at radius 1 is 1.03 bits per heavy atom. The van der Waals surface area contributed by atoms with Crippen LogP contribution in [0.1, 0.15) is 22.6 Å². The second-order valence-electron chi connectivity index (χ2n) is 7.05. The van der Waals surface area contributed by atoms with Crippen LogP contribution in [0.4, 0.5) is 4.39 Å². The number of halogens is 1. The van der Waals surface area contributed by atoms with Gasteiger partial charge in [0.2, 0.25) is 11.7 Å². The third-order valence-corrected chi connectivity index (χ3v) is 5.61. The summed E-state index contributed by atoms with van der Waals surface area (Å²) in [6, 6.07) is 19.0. The van der Waals surface area contributed by atoms with E-state index in [1.807, 2.05) is 47.8 Å². The van der Waals surface area contributed by atoms with Gasteiger partial charge in [0.05, 0.1) is 10.6 Å². The number of aromatic nitrogens is 3. The van der Waals surface area contributed by atoms with Crippen LogP contribution in [0.25, 0.3) is 16.4 Å². The predicted octanol–water partition coefficient (Wildman–Crippen LogP) is 3.65. The highest BCUT2D eigenvalue weighted by molar-refractivity contribution is 7.13. The molecule has 0 aliphatic carbocycles. The number of amides is 2. The molecule has 2 aromatic carbocycles. The second-order valence-corrected chi connectivity index (χ2v) is 8.00. The van der Waals surface area contributed by atoms with Gasteiger partial charge in [-0.2, -0.15) is 0 Å². The third-order valence-electron chi connectivity index (χ3n) is 4.74. The number of thiophene rings is 1. The maximum Gasteiger partial charge on any atom is 0.293 e. The van der Waals surface area contributed by atoms with Crippen LogP contribution < -0.4 is 5.73 Å². The summed E-state index contributed by atoms with van der Waals surface area (Å²) in [7, 11) is 0. The molecule has 2 aromatic heterocycles. The highest BCUT2D eigenvalue weighted by Gasteiger charge is 2.24. The first-order chi connectivity index (χ1) is 15.5.